The quantitative estimate of drug-likeness (QED) is 0.195. The van der Waals surface area contributed by atoms with Crippen LogP contribution in [-0.4, -0.2) is 14.5 Å². The Bertz CT molecular complexity index is 2590. The lowest BCUT2D eigenvalue weighted by Crippen LogP contribution is -2.15. The first-order chi connectivity index (χ1) is 24.3. The minimum absolute atomic E-state index is 1.08. The van der Waals surface area contributed by atoms with Crippen LogP contribution in [0.3, 0.4) is 0 Å². The van der Waals surface area contributed by atoms with Gasteiger partial charge < -0.3 is 9.47 Å². The van der Waals surface area contributed by atoms with Crippen molar-refractivity contribution in [3.63, 3.8) is 0 Å². The Kier molecular flexibility index (Phi) is 6.98. The number of hydrogen-bond donors (Lipinski definition) is 0. The van der Waals surface area contributed by atoms with Crippen LogP contribution in [0.1, 0.15) is 5.56 Å². The molecule has 0 saturated carbocycles. The fourth-order valence-electron chi connectivity index (χ4n) is 7.28. The molecule has 0 spiro atoms. The van der Waals surface area contributed by atoms with E-state index >= 15 is 0 Å². The molecule has 232 valence electrons. The van der Waals surface area contributed by atoms with Crippen LogP contribution in [0, 0.1) is 6.92 Å². The Morgan fingerprint density at radius 1 is 0.429 bits per heavy atom. The van der Waals surface area contributed by atoms with Crippen LogP contribution in [-0.2, 0) is 0 Å². The van der Waals surface area contributed by atoms with Crippen molar-refractivity contribution in [1.29, 1.82) is 0 Å². The van der Waals surface area contributed by atoms with Crippen LogP contribution >= 0.6 is 0 Å². The molecule has 0 saturated heterocycles. The minimum atomic E-state index is 1.08. The average molecular weight is 629 g/mol. The fraction of sp³-hybridized carbons (Fsp3) is 0.0222. The van der Waals surface area contributed by atoms with E-state index in [1.54, 1.807) is 0 Å². The molecule has 4 heterocycles. The third-order valence-corrected chi connectivity index (χ3v) is 9.45. The second-order valence-corrected chi connectivity index (χ2v) is 12.4. The van der Waals surface area contributed by atoms with Crippen LogP contribution in [0.25, 0.3) is 60.5 Å². The first-order valence-corrected chi connectivity index (χ1v) is 16.6. The van der Waals surface area contributed by atoms with Gasteiger partial charge in [0.2, 0.25) is 0 Å². The maximum atomic E-state index is 4.34. The lowest BCUT2D eigenvalue weighted by atomic mass is 9.86. The summed E-state index contributed by atoms with van der Waals surface area (Å²) in [5.74, 6) is 0. The predicted molar refractivity (Wildman–Crippen MR) is 204 cm³/mol. The Morgan fingerprint density at radius 2 is 1.06 bits per heavy atom. The molecule has 0 atom stereocenters. The van der Waals surface area contributed by atoms with Crippen LogP contribution in [0.2, 0.25) is 0 Å². The monoisotopic (exact) mass is 628 g/mol. The number of aromatic nitrogens is 3. The molecule has 6 aromatic carbocycles. The molecule has 4 nitrogen and oxygen atoms in total. The summed E-state index contributed by atoms with van der Waals surface area (Å²) in [6.07, 6.45) is 7.47. The number of rotatable bonds is 3. The molecular formula is C45H32N4. The molecule has 1 aliphatic heterocycles. The Balaban J connectivity index is 0.000000417. The van der Waals surface area contributed by atoms with E-state index in [9.17, 15) is 0 Å². The molecular weight excluding hydrogens is 597 g/mol. The summed E-state index contributed by atoms with van der Waals surface area (Å²) in [7, 11) is 0. The lowest BCUT2D eigenvalue weighted by molar-refractivity contribution is 1.15. The number of anilines is 3. The van der Waals surface area contributed by atoms with Crippen molar-refractivity contribution in [3.8, 4) is 27.9 Å². The zero-order valence-electron chi connectivity index (χ0n) is 27.0. The van der Waals surface area contributed by atoms with Gasteiger partial charge in [0.15, 0.2) is 0 Å². The molecule has 1 aliphatic rings. The van der Waals surface area contributed by atoms with Crippen LogP contribution < -0.4 is 4.90 Å². The molecule has 0 amide bonds. The van der Waals surface area contributed by atoms with Gasteiger partial charge >= 0.3 is 0 Å². The molecule has 0 aliphatic carbocycles. The largest absolute Gasteiger partial charge is 0.309 e. The predicted octanol–water partition coefficient (Wildman–Crippen LogP) is 11.8. The van der Waals surface area contributed by atoms with Crippen LogP contribution in [0.5, 0.6) is 0 Å². The van der Waals surface area contributed by atoms with E-state index in [2.05, 4.69) is 160 Å². The summed E-state index contributed by atoms with van der Waals surface area (Å²) in [6.45, 7) is 2.08. The van der Waals surface area contributed by atoms with Crippen molar-refractivity contribution in [1.82, 2.24) is 14.5 Å². The molecule has 0 N–H and O–H groups in total. The van der Waals surface area contributed by atoms with Gasteiger partial charge in [-0.1, -0.05) is 109 Å². The fourth-order valence-corrected chi connectivity index (χ4v) is 7.28. The summed E-state index contributed by atoms with van der Waals surface area (Å²) in [4.78, 5) is 11.0. The van der Waals surface area contributed by atoms with Gasteiger partial charge in [0, 0.05) is 57.9 Å². The first-order valence-electron chi connectivity index (χ1n) is 16.6. The van der Waals surface area contributed by atoms with Crippen molar-refractivity contribution in [2.45, 2.75) is 6.92 Å². The second kappa shape index (κ2) is 11.9. The van der Waals surface area contributed by atoms with E-state index in [0.717, 1.165) is 22.6 Å². The molecule has 0 fully saturated rings. The van der Waals surface area contributed by atoms with Crippen molar-refractivity contribution in [2.75, 3.05) is 4.90 Å². The molecule has 0 bridgehead atoms. The van der Waals surface area contributed by atoms with Gasteiger partial charge in [0.05, 0.1) is 22.4 Å². The molecule has 0 radical (unpaired) electrons. The van der Waals surface area contributed by atoms with E-state index in [1.807, 2.05) is 43.0 Å². The topological polar surface area (TPSA) is 34.0 Å². The number of para-hydroxylation sites is 1. The average Bonchev–Trinajstić information content (AvgIpc) is 3.49. The van der Waals surface area contributed by atoms with Gasteiger partial charge in [-0.3, -0.25) is 9.97 Å². The highest BCUT2D eigenvalue weighted by molar-refractivity contribution is 6.20. The summed E-state index contributed by atoms with van der Waals surface area (Å²) < 4.78 is 2.35. The number of benzene rings is 6. The maximum Gasteiger partial charge on any atom is 0.0562 e. The molecule has 4 heteroatoms. The number of hydrogen-bond acceptors (Lipinski definition) is 3. The third kappa shape index (κ3) is 4.85. The van der Waals surface area contributed by atoms with Gasteiger partial charge in [0.1, 0.15) is 0 Å². The molecule has 49 heavy (non-hydrogen) atoms. The van der Waals surface area contributed by atoms with E-state index in [4.69, 9.17) is 0 Å². The van der Waals surface area contributed by atoms with Gasteiger partial charge in [-0.15, -0.1) is 0 Å². The number of fused-ring (bicyclic) bond motifs is 5. The van der Waals surface area contributed by atoms with Crippen molar-refractivity contribution in [3.05, 3.63) is 182 Å². The highest BCUT2D eigenvalue weighted by atomic mass is 15.2. The summed E-state index contributed by atoms with van der Waals surface area (Å²) in [5, 5.41) is 4.98. The van der Waals surface area contributed by atoms with Gasteiger partial charge in [-0.25, -0.2) is 0 Å². The number of nitrogens with zero attached hydrogens (tertiary/aromatic N) is 4. The second-order valence-electron chi connectivity index (χ2n) is 12.4. The van der Waals surface area contributed by atoms with Crippen molar-refractivity contribution < 1.29 is 0 Å². The lowest BCUT2D eigenvalue weighted by Gasteiger charge is -2.34. The molecule has 3 aromatic heterocycles. The first kappa shape index (κ1) is 28.7. The highest BCUT2D eigenvalue weighted by Crippen LogP contribution is 2.54. The number of aryl methyl sites for hydroxylation is 1. The Morgan fingerprint density at radius 3 is 1.78 bits per heavy atom. The van der Waals surface area contributed by atoms with Crippen molar-refractivity contribution >= 4 is 49.6 Å². The van der Waals surface area contributed by atoms with Gasteiger partial charge in [0.25, 0.3) is 0 Å². The normalized spacial score (nSPS) is 11.7. The van der Waals surface area contributed by atoms with Crippen LogP contribution in [0.4, 0.5) is 17.1 Å². The third-order valence-electron chi connectivity index (χ3n) is 9.45. The maximum absolute atomic E-state index is 4.34. The Hall–Kier alpha value is -6.52. The summed E-state index contributed by atoms with van der Waals surface area (Å²) in [5.41, 5.74) is 13.1. The SMILES string of the molecule is Cc1ccccc1.c1ccc(-c2ccc3c4c(cccc24)N(c2ccncc2)c2cc4c(cc2-3)c2ccccc2n4-c2ccncc2)cc1. The zero-order chi connectivity index (χ0) is 32.7. The van der Waals surface area contributed by atoms with Crippen LogP contribution in [0.15, 0.2) is 176 Å². The standard InChI is InChI=1S/C38H24N4.C7H8/c1-2-7-25(8-3-1)28-13-14-31-33-23-32-29-9-4-5-11-34(29)41(26-15-19-39-20-16-26)36(32)24-37(33)42(27-17-21-40-22-18-27)35-12-6-10-30(28)38(31)35;1-7-5-3-2-4-6-7/h1-24H;2-6H,1H3. The van der Waals surface area contributed by atoms with Gasteiger partial charge in [-0.05, 0) is 77.5 Å². The Labute approximate surface area is 285 Å². The summed E-state index contributed by atoms with van der Waals surface area (Å²) in [6, 6.07) is 54.0. The minimum Gasteiger partial charge on any atom is -0.309 e. The zero-order valence-corrected chi connectivity index (χ0v) is 27.0. The highest BCUT2D eigenvalue weighted by Gasteiger charge is 2.29. The van der Waals surface area contributed by atoms with E-state index in [1.165, 1.54) is 60.6 Å². The number of pyridine rings is 2. The van der Waals surface area contributed by atoms with E-state index in [-0.39, 0.29) is 0 Å². The van der Waals surface area contributed by atoms with E-state index < -0.39 is 0 Å². The summed E-state index contributed by atoms with van der Waals surface area (Å²) >= 11 is 0. The van der Waals surface area contributed by atoms with Gasteiger partial charge in [-0.2, -0.15) is 0 Å². The molecule has 0 unspecified atom stereocenters. The van der Waals surface area contributed by atoms with Crippen molar-refractivity contribution in [2.24, 2.45) is 0 Å². The molecule has 10 rings (SSSR count). The smallest absolute Gasteiger partial charge is 0.0562 e. The van der Waals surface area contributed by atoms with E-state index in [0.29, 0.717) is 0 Å². The molecule has 9 aromatic rings.